The van der Waals surface area contributed by atoms with Crippen LogP contribution >= 0.6 is 11.5 Å². The molecule has 2 aromatic heterocycles. The third-order valence-corrected chi connectivity index (χ3v) is 5.24. The minimum atomic E-state index is -0.201. The minimum Gasteiger partial charge on any atom is -0.445 e. The molecule has 0 radical (unpaired) electrons. The van der Waals surface area contributed by atoms with Crippen LogP contribution in [0.3, 0.4) is 0 Å². The molecular weight excluding hydrogens is 384 g/mol. The summed E-state index contributed by atoms with van der Waals surface area (Å²) in [5, 5.41) is 6.79. The Morgan fingerprint density at radius 1 is 1.10 bits per heavy atom. The molecular formula is C22H18N4O2S. The topological polar surface area (TPSA) is 80.9 Å². The minimum absolute atomic E-state index is 0.201. The molecule has 0 atom stereocenters. The first-order chi connectivity index (χ1) is 14.1. The van der Waals surface area contributed by atoms with Gasteiger partial charge in [-0.2, -0.15) is 0 Å². The smallest absolute Gasteiger partial charge is 0.248 e. The van der Waals surface area contributed by atoms with Crippen molar-refractivity contribution in [3.05, 3.63) is 77.1 Å². The maximum Gasteiger partial charge on any atom is 0.248 e. The van der Waals surface area contributed by atoms with Crippen LogP contribution in [0, 0.1) is 13.8 Å². The summed E-state index contributed by atoms with van der Waals surface area (Å²) in [6.45, 7) is 3.92. The van der Waals surface area contributed by atoms with E-state index in [-0.39, 0.29) is 5.91 Å². The molecule has 0 unspecified atom stereocenters. The second kappa shape index (κ2) is 8.20. The van der Waals surface area contributed by atoms with Gasteiger partial charge in [-0.3, -0.25) is 4.79 Å². The van der Waals surface area contributed by atoms with E-state index in [2.05, 4.69) is 32.9 Å². The number of aryl methyl sites for hydroxylation is 2. The highest BCUT2D eigenvalue weighted by molar-refractivity contribution is 7.06. The summed E-state index contributed by atoms with van der Waals surface area (Å²) in [6.07, 6.45) is 6.41. The van der Waals surface area contributed by atoms with Crippen LogP contribution in [-0.4, -0.2) is 20.5 Å². The lowest BCUT2D eigenvalue weighted by molar-refractivity contribution is -0.111. The lowest BCUT2D eigenvalue weighted by atomic mass is 9.98. The van der Waals surface area contributed by atoms with Gasteiger partial charge in [-0.05, 0) is 72.4 Å². The summed E-state index contributed by atoms with van der Waals surface area (Å²) in [5.74, 6) is 0.390. The van der Waals surface area contributed by atoms with E-state index < -0.39 is 0 Å². The van der Waals surface area contributed by atoms with Gasteiger partial charge in [-0.15, -0.1) is 5.10 Å². The molecule has 6 nitrogen and oxygen atoms in total. The van der Waals surface area contributed by atoms with Crippen molar-refractivity contribution in [3.8, 4) is 22.6 Å². The SMILES string of the molecule is Cc1ccc(-c2ncco2)cc1-c1ccc(NC(=O)/C=C/c2snnc2C)cc1. The van der Waals surface area contributed by atoms with Crippen molar-refractivity contribution in [1.82, 2.24) is 14.6 Å². The lowest BCUT2D eigenvalue weighted by Crippen LogP contribution is -2.07. The summed E-state index contributed by atoms with van der Waals surface area (Å²) in [6, 6.07) is 13.8. The van der Waals surface area contributed by atoms with Gasteiger partial charge in [-0.25, -0.2) is 4.98 Å². The number of amides is 1. The van der Waals surface area contributed by atoms with Crippen LogP contribution < -0.4 is 5.32 Å². The van der Waals surface area contributed by atoms with Crippen LogP contribution in [-0.2, 0) is 4.79 Å². The second-order valence-corrected chi connectivity index (χ2v) is 7.28. The third kappa shape index (κ3) is 4.30. The molecule has 0 fully saturated rings. The van der Waals surface area contributed by atoms with Crippen LogP contribution in [0.2, 0.25) is 0 Å². The van der Waals surface area contributed by atoms with Crippen molar-refractivity contribution in [2.45, 2.75) is 13.8 Å². The molecule has 2 heterocycles. The second-order valence-electron chi connectivity index (χ2n) is 6.49. The average molecular weight is 402 g/mol. The molecule has 0 aliphatic heterocycles. The summed E-state index contributed by atoms with van der Waals surface area (Å²) in [5.41, 5.74) is 5.75. The molecule has 0 saturated carbocycles. The lowest BCUT2D eigenvalue weighted by Gasteiger charge is -2.09. The molecule has 2 aromatic carbocycles. The molecule has 1 amide bonds. The first-order valence-corrected chi connectivity index (χ1v) is 9.76. The van der Waals surface area contributed by atoms with Gasteiger partial charge in [0.25, 0.3) is 0 Å². The summed E-state index contributed by atoms with van der Waals surface area (Å²) in [4.78, 5) is 17.2. The number of carbonyl (C=O) groups is 1. The van der Waals surface area contributed by atoms with Gasteiger partial charge in [-0.1, -0.05) is 22.7 Å². The Kier molecular flexibility index (Phi) is 5.31. The van der Waals surface area contributed by atoms with E-state index in [9.17, 15) is 4.79 Å². The predicted octanol–water partition coefficient (Wildman–Crippen LogP) is 5.13. The number of aromatic nitrogens is 3. The first kappa shape index (κ1) is 18.8. The third-order valence-electron chi connectivity index (χ3n) is 4.45. The van der Waals surface area contributed by atoms with E-state index in [1.54, 1.807) is 18.5 Å². The number of hydrogen-bond donors (Lipinski definition) is 1. The highest BCUT2D eigenvalue weighted by Crippen LogP contribution is 2.29. The molecule has 0 bridgehead atoms. The zero-order valence-electron chi connectivity index (χ0n) is 15.9. The largest absolute Gasteiger partial charge is 0.445 e. The molecule has 7 heteroatoms. The van der Waals surface area contributed by atoms with Gasteiger partial charge < -0.3 is 9.73 Å². The van der Waals surface area contributed by atoms with E-state index in [1.165, 1.54) is 17.6 Å². The number of benzene rings is 2. The van der Waals surface area contributed by atoms with Gasteiger partial charge in [0.05, 0.1) is 16.8 Å². The van der Waals surface area contributed by atoms with Crippen molar-refractivity contribution < 1.29 is 9.21 Å². The molecule has 0 saturated heterocycles. The Balaban J connectivity index is 1.49. The highest BCUT2D eigenvalue weighted by atomic mass is 32.1. The molecule has 29 heavy (non-hydrogen) atoms. The average Bonchev–Trinajstić information content (AvgIpc) is 3.39. The van der Waals surface area contributed by atoms with Gasteiger partial charge >= 0.3 is 0 Å². The molecule has 0 spiro atoms. The summed E-state index contributed by atoms with van der Waals surface area (Å²) < 4.78 is 9.25. The Bertz CT molecular complexity index is 1160. The predicted molar refractivity (Wildman–Crippen MR) is 114 cm³/mol. The van der Waals surface area contributed by atoms with E-state index in [1.807, 2.05) is 43.3 Å². The van der Waals surface area contributed by atoms with Crippen LogP contribution in [0.15, 0.2) is 65.4 Å². The molecule has 1 N–H and O–H groups in total. The van der Waals surface area contributed by atoms with Crippen LogP contribution in [0.4, 0.5) is 5.69 Å². The summed E-state index contributed by atoms with van der Waals surface area (Å²) >= 11 is 1.26. The van der Waals surface area contributed by atoms with Crippen molar-refractivity contribution in [3.63, 3.8) is 0 Å². The van der Waals surface area contributed by atoms with E-state index in [0.717, 1.165) is 38.5 Å². The fraction of sp³-hybridized carbons (Fsp3) is 0.0909. The van der Waals surface area contributed by atoms with Crippen molar-refractivity contribution in [2.24, 2.45) is 0 Å². The number of nitrogens with zero attached hydrogens (tertiary/aromatic N) is 3. The number of carbonyl (C=O) groups excluding carboxylic acids is 1. The molecule has 0 aliphatic rings. The number of nitrogens with one attached hydrogen (secondary N) is 1. The Labute approximate surface area is 172 Å². The van der Waals surface area contributed by atoms with Gasteiger partial charge in [0.1, 0.15) is 6.26 Å². The normalized spacial score (nSPS) is 11.1. The zero-order valence-corrected chi connectivity index (χ0v) is 16.7. The van der Waals surface area contributed by atoms with Crippen molar-refractivity contribution in [1.29, 1.82) is 0 Å². The van der Waals surface area contributed by atoms with Crippen molar-refractivity contribution >= 4 is 29.2 Å². The van der Waals surface area contributed by atoms with Gasteiger partial charge in [0, 0.05) is 17.3 Å². The highest BCUT2D eigenvalue weighted by Gasteiger charge is 2.08. The summed E-state index contributed by atoms with van der Waals surface area (Å²) in [7, 11) is 0. The Morgan fingerprint density at radius 2 is 1.90 bits per heavy atom. The molecule has 4 aromatic rings. The van der Waals surface area contributed by atoms with Crippen LogP contribution in [0.5, 0.6) is 0 Å². The molecule has 144 valence electrons. The van der Waals surface area contributed by atoms with E-state index >= 15 is 0 Å². The maximum absolute atomic E-state index is 12.2. The van der Waals surface area contributed by atoms with Gasteiger partial charge in [0.2, 0.25) is 11.8 Å². The van der Waals surface area contributed by atoms with Crippen LogP contribution in [0.25, 0.3) is 28.7 Å². The fourth-order valence-corrected chi connectivity index (χ4v) is 3.45. The quantitative estimate of drug-likeness (QED) is 0.468. The standard InChI is InChI=1S/C22H18N4O2S/c1-14-3-4-17(22-23-11-12-28-22)13-19(14)16-5-7-18(8-6-16)24-21(27)10-9-20-15(2)25-26-29-20/h3-13H,1-2H3,(H,24,27)/b10-9+. The molecule has 0 aliphatic carbocycles. The number of rotatable bonds is 5. The Hall–Kier alpha value is -3.58. The fourth-order valence-electron chi connectivity index (χ4n) is 2.89. The van der Waals surface area contributed by atoms with E-state index in [0.29, 0.717) is 5.89 Å². The van der Waals surface area contributed by atoms with Crippen LogP contribution in [0.1, 0.15) is 16.1 Å². The van der Waals surface area contributed by atoms with E-state index in [4.69, 9.17) is 4.42 Å². The number of oxazole rings is 1. The molecule has 4 rings (SSSR count). The Morgan fingerprint density at radius 3 is 2.59 bits per heavy atom. The van der Waals surface area contributed by atoms with Gasteiger partial charge in [0.15, 0.2) is 0 Å². The maximum atomic E-state index is 12.2. The van der Waals surface area contributed by atoms with Crippen molar-refractivity contribution in [2.75, 3.05) is 5.32 Å². The zero-order chi connectivity index (χ0) is 20.2. The first-order valence-electron chi connectivity index (χ1n) is 8.99. The number of anilines is 1. The number of hydrogen-bond acceptors (Lipinski definition) is 6. The monoisotopic (exact) mass is 402 g/mol.